The molecule has 2 aromatic heterocycles. The molecular formula is C14H7N2S2. The largest absolute Gasteiger partial charge is 0.200 e. The molecule has 0 saturated heterocycles. The summed E-state index contributed by atoms with van der Waals surface area (Å²) >= 11 is 3.05. The predicted octanol–water partition coefficient (Wildman–Crippen LogP) is 4.37. The molecule has 4 rings (SSSR count). The molecule has 2 nitrogen and oxygen atoms in total. The second-order valence-corrected chi connectivity index (χ2v) is 5.63. The highest BCUT2D eigenvalue weighted by Gasteiger charge is 2.11. The Bertz CT molecular complexity index is 845. The molecule has 0 saturated carbocycles. The Balaban J connectivity index is 2.10. The highest BCUT2D eigenvalue weighted by atomic mass is 32.1. The standard InChI is InChI=1S/C14H7N2S2/c1-2-6-12-10(4-1)14(16-18-12)9-5-3-7-13-11(9)8-15-17-13/h2-8H. The van der Waals surface area contributed by atoms with Gasteiger partial charge in [0.25, 0.3) is 0 Å². The van der Waals surface area contributed by atoms with Gasteiger partial charge in [0.05, 0.1) is 15.1 Å². The van der Waals surface area contributed by atoms with Crippen molar-refractivity contribution in [2.75, 3.05) is 0 Å². The summed E-state index contributed by atoms with van der Waals surface area (Å²) in [7, 11) is 0. The van der Waals surface area contributed by atoms with E-state index in [0.717, 1.165) is 11.3 Å². The van der Waals surface area contributed by atoms with E-state index in [1.165, 1.54) is 43.2 Å². The molecule has 0 N–H and O–H groups in total. The summed E-state index contributed by atoms with van der Waals surface area (Å²) in [6.07, 6.45) is 1.92. The molecule has 2 aromatic carbocycles. The van der Waals surface area contributed by atoms with Crippen LogP contribution in [-0.2, 0) is 0 Å². The molecule has 0 atom stereocenters. The van der Waals surface area contributed by atoms with Crippen LogP contribution >= 0.6 is 23.1 Å². The van der Waals surface area contributed by atoms with Gasteiger partial charge in [0.2, 0.25) is 0 Å². The fraction of sp³-hybridized carbons (Fsp3) is 0. The molecular weight excluding hydrogens is 260 g/mol. The Kier molecular flexibility index (Phi) is 2.18. The van der Waals surface area contributed by atoms with Gasteiger partial charge in [0, 0.05) is 22.5 Å². The predicted molar refractivity (Wildman–Crippen MR) is 77.1 cm³/mol. The Labute approximate surface area is 112 Å². The molecule has 0 amide bonds. The second-order valence-electron chi connectivity index (χ2n) is 4.00. The Morgan fingerprint density at radius 2 is 1.94 bits per heavy atom. The Morgan fingerprint density at radius 1 is 1.00 bits per heavy atom. The van der Waals surface area contributed by atoms with Crippen LogP contribution < -0.4 is 0 Å². The average Bonchev–Trinajstić information content (AvgIpc) is 3.05. The van der Waals surface area contributed by atoms with Gasteiger partial charge in [-0.2, -0.15) is 8.75 Å². The third-order valence-electron chi connectivity index (χ3n) is 2.97. The molecule has 0 spiro atoms. The average molecular weight is 267 g/mol. The molecule has 0 aliphatic heterocycles. The first kappa shape index (κ1) is 10.2. The number of benzene rings is 2. The van der Waals surface area contributed by atoms with Crippen LogP contribution in [0.5, 0.6) is 0 Å². The first-order valence-electron chi connectivity index (χ1n) is 5.53. The molecule has 85 valence electrons. The quantitative estimate of drug-likeness (QED) is 0.511. The summed E-state index contributed by atoms with van der Waals surface area (Å²) in [6, 6.07) is 15.4. The van der Waals surface area contributed by atoms with Crippen LogP contribution in [-0.4, -0.2) is 8.75 Å². The fourth-order valence-corrected chi connectivity index (χ4v) is 3.56. The van der Waals surface area contributed by atoms with E-state index in [4.69, 9.17) is 0 Å². The topological polar surface area (TPSA) is 25.8 Å². The number of fused-ring (bicyclic) bond motifs is 2. The Hall–Kier alpha value is -1.78. The van der Waals surface area contributed by atoms with E-state index in [1.54, 1.807) is 0 Å². The van der Waals surface area contributed by atoms with Crippen LogP contribution in [0.3, 0.4) is 0 Å². The maximum atomic E-state index is 4.59. The van der Waals surface area contributed by atoms with Gasteiger partial charge in [-0.15, -0.1) is 0 Å². The molecule has 4 heteroatoms. The third-order valence-corrected chi connectivity index (χ3v) is 4.56. The van der Waals surface area contributed by atoms with E-state index in [0.29, 0.717) is 0 Å². The smallest absolute Gasteiger partial charge is 0.0926 e. The van der Waals surface area contributed by atoms with Gasteiger partial charge in [-0.05, 0) is 47.3 Å². The van der Waals surface area contributed by atoms with Crippen molar-refractivity contribution < 1.29 is 0 Å². The van der Waals surface area contributed by atoms with E-state index < -0.39 is 0 Å². The van der Waals surface area contributed by atoms with E-state index in [-0.39, 0.29) is 0 Å². The summed E-state index contributed by atoms with van der Waals surface area (Å²) in [5, 5.41) is 2.35. The van der Waals surface area contributed by atoms with E-state index in [1.807, 2.05) is 18.3 Å². The van der Waals surface area contributed by atoms with Gasteiger partial charge in [-0.25, -0.2) is 0 Å². The number of hydrogen-bond acceptors (Lipinski definition) is 4. The molecule has 18 heavy (non-hydrogen) atoms. The summed E-state index contributed by atoms with van der Waals surface area (Å²) in [5.41, 5.74) is 2.20. The lowest BCUT2D eigenvalue weighted by molar-refractivity contribution is 1.55. The first-order chi connectivity index (χ1) is 8.93. The minimum absolute atomic E-state index is 1.04. The van der Waals surface area contributed by atoms with Gasteiger partial charge in [-0.3, -0.25) is 0 Å². The fourth-order valence-electron chi connectivity index (χ4n) is 2.12. The zero-order chi connectivity index (χ0) is 11.9. The maximum absolute atomic E-state index is 4.59. The monoisotopic (exact) mass is 267 g/mol. The second kappa shape index (κ2) is 3.86. The van der Waals surface area contributed by atoms with Gasteiger partial charge in [0.15, 0.2) is 0 Å². The van der Waals surface area contributed by atoms with Gasteiger partial charge < -0.3 is 0 Å². The SMILES string of the molecule is [c]1ccc2snc(-c3cccc4sncc34)c2c1. The van der Waals surface area contributed by atoms with Crippen molar-refractivity contribution in [3.8, 4) is 11.3 Å². The number of hydrogen-bond donors (Lipinski definition) is 0. The van der Waals surface area contributed by atoms with E-state index in [9.17, 15) is 0 Å². The van der Waals surface area contributed by atoms with Crippen molar-refractivity contribution in [3.05, 3.63) is 48.7 Å². The highest BCUT2D eigenvalue weighted by Crippen LogP contribution is 2.35. The molecule has 0 aliphatic carbocycles. The van der Waals surface area contributed by atoms with E-state index >= 15 is 0 Å². The Morgan fingerprint density at radius 3 is 2.94 bits per heavy atom. The minimum atomic E-state index is 1.04. The lowest BCUT2D eigenvalue weighted by atomic mass is 10.1. The van der Waals surface area contributed by atoms with Crippen LogP contribution in [0.1, 0.15) is 0 Å². The third kappa shape index (κ3) is 1.39. The van der Waals surface area contributed by atoms with Crippen molar-refractivity contribution in [1.29, 1.82) is 0 Å². The highest BCUT2D eigenvalue weighted by molar-refractivity contribution is 7.14. The van der Waals surface area contributed by atoms with Gasteiger partial charge in [-0.1, -0.05) is 18.2 Å². The van der Waals surface area contributed by atoms with Crippen molar-refractivity contribution in [3.63, 3.8) is 0 Å². The normalized spacial score (nSPS) is 11.3. The maximum Gasteiger partial charge on any atom is 0.0926 e. The molecule has 4 aromatic rings. The van der Waals surface area contributed by atoms with E-state index in [2.05, 4.69) is 39.1 Å². The van der Waals surface area contributed by atoms with Crippen molar-refractivity contribution in [2.24, 2.45) is 0 Å². The number of aromatic nitrogens is 2. The van der Waals surface area contributed by atoms with Crippen molar-refractivity contribution in [2.45, 2.75) is 0 Å². The zero-order valence-electron chi connectivity index (χ0n) is 9.25. The number of nitrogens with zero attached hydrogens (tertiary/aromatic N) is 2. The summed E-state index contributed by atoms with van der Waals surface area (Å²) < 4.78 is 11.3. The minimum Gasteiger partial charge on any atom is -0.200 e. The number of rotatable bonds is 1. The summed E-state index contributed by atoms with van der Waals surface area (Å²) in [5.74, 6) is 0. The van der Waals surface area contributed by atoms with Crippen LogP contribution in [0.2, 0.25) is 0 Å². The van der Waals surface area contributed by atoms with Crippen LogP contribution in [0.25, 0.3) is 31.4 Å². The summed E-state index contributed by atoms with van der Waals surface area (Å²) in [4.78, 5) is 0. The molecule has 0 bridgehead atoms. The van der Waals surface area contributed by atoms with Crippen LogP contribution in [0.4, 0.5) is 0 Å². The molecule has 1 radical (unpaired) electrons. The van der Waals surface area contributed by atoms with Crippen LogP contribution in [0, 0.1) is 6.07 Å². The van der Waals surface area contributed by atoms with Gasteiger partial charge in [0.1, 0.15) is 0 Å². The molecule has 0 unspecified atom stereocenters. The molecule has 0 aliphatic rings. The van der Waals surface area contributed by atoms with Crippen LogP contribution in [0.15, 0.2) is 42.6 Å². The lowest BCUT2D eigenvalue weighted by Crippen LogP contribution is -1.78. The van der Waals surface area contributed by atoms with Gasteiger partial charge >= 0.3 is 0 Å². The molecule has 2 heterocycles. The zero-order valence-corrected chi connectivity index (χ0v) is 10.9. The first-order valence-corrected chi connectivity index (χ1v) is 7.07. The molecule has 0 fully saturated rings. The van der Waals surface area contributed by atoms with Crippen molar-refractivity contribution >= 4 is 43.2 Å². The van der Waals surface area contributed by atoms with Crippen molar-refractivity contribution in [1.82, 2.24) is 8.75 Å². The summed E-state index contributed by atoms with van der Waals surface area (Å²) in [6.45, 7) is 0. The lowest BCUT2D eigenvalue weighted by Gasteiger charge is -1.99.